The van der Waals surface area contributed by atoms with Crippen molar-refractivity contribution >= 4 is 5.78 Å². The minimum absolute atomic E-state index is 0.0937. The third kappa shape index (κ3) is 0.799. The van der Waals surface area contributed by atoms with Gasteiger partial charge in [0.1, 0.15) is 0 Å². The number of benzene rings is 1. The van der Waals surface area contributed by atoms with Gasteiger partial charge in [0.05, 0.1) is 5.56 Å². The minimum Gasteiger partial charge on any atom is -0.282 e. The molecule has 3 rings (SSSR count). The van der Waals surface area contributed by atoms with Gasteiger partial charge in [-0.1, -0.05) is 24.3 Å². The van der Waals surface area contributed by atoms with E-state index in [4.69, 9.17) is 0 Å². The monoisotopic (exact) mass is 182 g/mol. The molecule has 0 saturated heterocycles. The first kappa shape index (κ1) is 7.44. The lowest BCUT2D eigenvalue weighted by atomic mass is 10.1. The fraction of sp³-hybridized carbons (Fsp3) is 0. The number of pyridine rings is 1. The fourth-order valence-electron chi connectivity index (χ4n) is 1.90. The van der Waals surface area contributed by atoms with E-state index in [-0.39, 0.29) is 5.78 Å². The van der Waals surface area contributed by atoms with Crippen LogP contribution in [0.5, 0.6) is 0 Å². The van der Waals surface area contributed by atoms with Gasteiger partial charge in [-0.15, -0.1) is 0 Å². The summed E-state index contributed by atoms with van der Waals surface area (Å²) >= 11 is 0. The lowest BCUT2D eigenvalue weighted by Crippen LogP contribution is -2.13. The molecule has 0 spiro atoms. The highest BCUT2D eigenvalue weighted by molar-refractivity contribution is 6.19. The Hall–Kier alpha value is -1.96. The number of hydrogen-bond acceptors (Lipinski definition) is 1. The molecular formula is C12H8NO+. The van der Waals surface area contributed by atoms with Crippen LogP contribution < -0.4 is 4.98 Å². The third-order valence-corrected chi connectivity index (χ3v) is 2.55. The smallest absolute Gasteiger partial charge is 0.259 e. The van der Waals surface area contributed by atoms with E-state index in [9.17, 15) is 4.79 Å². The van der Waals surface area contributed by atoms with Crippen LogP contribution in [-0.2, 0) is 0 Å². The first-order chi connectivity index (χ1) is 6.88. The number of H-pyrrole nitrogens is 1. The second-order valence-electron chi connectivity index (χ2n) is 3.33. The number of hydrogen-bond donors (Lipinski definition) is 0. The first-order valence-corrected chi connectivity index (χ1v) is 4.53. The van der Waals surface area contributed by atoms with E-state index in [0.29, 0.717) is 5.69 Å². The van der Waals surface area contributed by atoms with Crippen molar-refractivity contribution in [3.8, 4) is 11.1 Å². The van der Waals surface area contributed by atoms with Gasteiger partial charge in [-0.3, -0.25) is 4.79 Å². The predicted octanol–water partition coefficient (Wildman–Crippen LogP) is 1.71. The second kappa shape index (κ2) is 2.51. The quantitative estimate of drug-likeness (QED) is 0.520. The third-order valence-electron chi connectivity index (χ3n) is 2.55. The number of fused-ring (bicyclic) bond motifs is 3. The molecule has 0 saturated carbocycles. The highest BCUT2D eigenvalue weighted by Crippen LogP contribution is 2.33. The Bertz CT molecular complexity index is 484. The van der Waals surface area contributed by atoms with Crippen molar-refractivity contribution < 1.29 is 9.78 Å². The van der Waals surface area contributed by atoms with Crippen molar-refractivity contribution in [1.29, 1.82) is 0 Å². The maximum absolute atomic E-state index is 11.9. The summed E-state index contributed by atoms with van der Waals surface area (Å²) in [5.41, 5.74) is 3.54. The molecule has 2 aromatic rings. The summed E-state index contributed by atoms with van der Waals surface area (Å²) in [7, 11) is 0. The molecule has 1 heterocycles. The molecule has 0 bridgehead atoms. The van der Waals surface area contributed by atoms with Gasteiger partial charge in [0.15, 0.2) is 6.20 Å². The van der Waals surface area contributed by atoms with Crippen LogP contribution >= 0.6 is 0 Å². The Kier molecular flexibility index (Phi) is 1.34. The molecule has 0 atom stereocenters. The Morgan fingerprint density at radius 3 is 2.43 bits per heavy atom. The van der Waals surface area contributed by atoms with Crippen LogP contribution in [0, 0.1) is 0 Å². The van der Waals surface area contributed by atoms with Crippen molar-refractivity contribution in [2.24, 2.45) is 0 Å². The fourth-order valence-corrected chi connectivity index (χ4v) is 1.90. The molecule has 0 radical (unpaired) electrons. The van der Waals surface area contributed by atoms with Crippen molar-refractivity contribution in [1.82, 2.24) is 0 Å². The molecule has 1 aliphatic rings. The molecule has 14 heavy (non-hydrogen) atoms. The van der Waals surface area contributed by atoms with Gasteiger partial charge in [-0.05, 0) is 11.6 Å². The highest BCUT2D eigenvalue weighted by Gasteiger charge is 2.31. The van der Waals surface area contributed by atoms with Gasteiger partial charge in [0, 0.05) is 11.6 Å². The van der Waals surface area contributed by atoms with E-state index in [1.165, 1.54) is 0 Å². The molecule has 0 amide bonds. The van der Waals surface area contributed by atoms with Crippen molar-refractivity contribution in [2.75, 3.05) is 0 Å². The standard InChI is InChI=1S/C12H7NO/c14-12-10-5-2-1-4-8(10)9-6-3-7-13-11(9)12/h1-7H/p+1. The normalized spacial score (nSPS) is 12.4. The first-order valence-electron chi connectivity index (χ1n) is 4.53. The Labute approximate surface area is 81.2 Å². The lowest BCUT2D eigenvalue weighted by molar-refractivity contribution is -0.380. The maximum Gasteiger partial charge on any atom is 0.259 e. The van der Waals surface area contributed by atoms with E-state index < -0.39 is 0 Å². The summed E-state index contributed by atoms with van der Waals surface area (Å²) < 4.78 is 0. The lowest BCUT2D eigenvalue weighted by Gasteiger charge is -1.93. The molecule has 2 nitrogen and oxygen atoms in total. The average Bonchev–Trinajstić information content (AvgIpc) is 2.55. The van der Waals surface area contributed by atoms with Crippen molar-refractivity contribution in [3.05, 3.63) is 53.9 Å². The van der Waals surface area contributed by atoms with Crippen molar-refractivity contribution in [2.45, 2.75) is 0 Å². The molecule has 0 fully saturated rings. The highest BCUT2D eigenvalue weighted by atomic mass is 16.1. The molecule has 1 aromatic heterocycles. The van der Waals surface area contributed by atoms with Crippen molar-refractivity contribution in [3.63, 3.8) is 0 Å². The summed E-state index contributed by atoms with van der Waals surface area (Å²) in [6, 6.07) is 11.6. The zero-order valence-corrected chi connectivity index (χ0v) is 7.45. The molecule has 66 valence electrons. The number of aromatic amines is 1. The van der Waals surface area contributed by atoms with Gasteiger partial charge in [0.2, 0.25) is 0 Å². The predicted molar refractivity (Wildman–Crippen MR) is 51.9 cm³/mol. The number of rotatable bonds is 0. The molecule has 0 aliphatic heterocycles. The van der Waals surface area contributed by atoms with E-state index in [1.807, 2.05) is 36.4 Å². The summed E-state index contributed by atoms with van der Waals surface area (Å²) in [5.74, 6) is 0.0937. The van der Waals surface area contributed by atoms with E-state index in [2.05, 4.69) is 4.98 Å². The molecule has 2 heteroatoms. The van der Waals surface area contributed by atoms with Crippen LogP contribution in [0.15, 0.2) is 42.6 Å². The van der Waals surface area contributed by atoms with Crippen LogP contribution in [0.25, 0.3) is 11.1 Å². The molecular weight excluding hydrogens is 174 g/mol. The molecule has 1 aliphatic carbocycles. The number of nitrogens with one attached hydrogen (secondary N) is 1. The van der Waals surface area contributed by atoms with Crippen LogP contribution in [0.1, 0.15) is 16.1 Å². The average molecular weight is 182 g/mol. The van der Waals surface area contributed by atoms with Gasteiger partial charge in [-0.25, -0.2) is 4.98 Å². The van der Waals surface area contributed by atoms with E-state index >= 15 is 0 Å². The SMILES string of the molecule is O=C1c2ccccc2-c2ccc[nH+]c21. The van der Waals surface area contributed by atoms with Crippen LogP contribution in [-0.4, -0.2) is 5.78 Å². The molecule has 1 N–H and O–H groups in total. The van der Waals surface area contributed by atoms with Gasteiger partial charge in [-0.2, -0.15) is 0 Å². The zero-order chi connectivity index (χ0) is 9.54. The van der Waals surface area contributed by atoms with Gasteiger partial charge in [0.25, 0.3) is 11.5 Å². The number of aromatic nitrogens is 1. The van der Waals surface area contributed by atoms with E-state index in [1.54, 1.807) is 6.20 Å². The zero-order valence-electron chi connectivity index (χ0n) is 7.45. The molecule has 0 unspecified atom stereocenters. The largest absolute Gasteiger partial charge is 0.282 e. The Morgan fingerprint density at radius 1 is 0.857 bits per heavy atom. The summed E-state index contributed by atoms with van der Waals surface area (Å²) in [4.78, 5) is 14.9. The summed E-state index contributed by atoms with van der Waals surface area (Å²) in [6.07, 6.45) is 1.78. The second-order valence-corrected chi connectivity index (χ2v) is 3.33. The van der Waals surface area contributed by atoms with E-state index in [0.717, 1.165) is 16.7 Å². The number of carbonyl (C=O) groups is 1. The van der Waals surface area contributed by atoms with Crippen LogP contribution in [0.2, 0.25) is 0 Å². The van der Waals surface area contributed by atoms with Gasteiger partial charge < -0.3 is 0 Å². The summed E-state index contributed by atoms with van der Waals surface area (Å²) in [5, 5.41) is 0. The summed E-state index contributed by atoms with van der Waals surface area (Å²) in [6.45, 7) is 0. The maximum atomic E-state index is 11.9. The van der Waals surface area contributed by atoms with Gasteiger partial charge >= 0.3 is 0 Å². The minimum atomic E-state index is 0.0937. The topological polar surface area (TPSA) is 31.2 Å². The Morgan fingerprint density at radius 2 is 1.57 bits per heavy atom. The number of carbonyl (C=O) groups excluding carboxylic acids is 1. The molecule has 1 aromatic carbocycles. The number of ketones is 1. The van der Waals surface area contributed by atoms with Crippen LogP contribution in [0.3, 0.4) is 0 Å². The Balaban J connectivity index is 2.42. The van der Waals surface area contributed by atoms with Crippen LogP contribution in [0.4, 0.5) is 0 Å².